The third-order valence-corrected chi connectivity index (χ3v) is 6.36. The Hall–Kier alpha value is -3.04. The maximum atomic E-state index is 12.7. The van der Waals surface area contributed by atoms with Crippen LogP contribution in [0.15, 0.2) is 60.7 Å². The van der Waals surface area contributed by atoms with Crippen LogP contribution in [0.1, 0.15) is 5.56 Å². The molecule has 2 fully saturated rings. The standard InChI is InChI=1S/C21H21N3O5S/c22-21(23-17(25)12-28-15-9-5-2-6-10-15)19(27)24-16(13-30-20(21)24)18(26)29-11-14-7-3-1-4-8-14/h1-10,16,20H,11-13,22H2,(H,23,25)/t16?,20-,21+/m0/s1. The number of hydrogen-bond donors (Lipinski definition) is 2. The average Bonchev–Trinajstić information content (AvgIpc) is 3.20. The number of esters is 1. The minimum absolute atomic E-state index is 0.134. The van der Waals surface area contributed by atoms with Gasteiger partial charge in [0.1, 0.15) is 23.8 Å². The van der Waals surface area contributed by atoms with Gasteiger partial charge in [0.05, 0.1) is 0 Å². The minimum atomic E-state index is -1.56. The van der Waals surface area contributed by atoms with Crippen LogP contribution in [0.4, 0.5) is 0 Å². The van der Waals surface area contributed by atoms with Gasteiger partial charge in [0.2, 0.25) is 0 Å². The van der Waals surface area contributed by atoms with E-state index in [1.807, 2.05) is 36.4 Å². The van der Waals surface area contributed by atoms with Gasteiger partial charge in [-0.3, -0.25) is 15.3 Å². The molecule has 2 saturated heterocycles. The summed E-state index contributed by atoms with van der Waals surface area (Å²) in [7, 11) is 0. The van der Waals surface area contributed by atoms with Crippen molar-refractivity contribution in [2.75, 3.05) is 12.4 Å². The number of amides is 2. The Bertz CT molecular complexity index is 942. The van der Waals surface area contributed by atoms with Gasteiger partial charge < -0.3 is 19.7 Å². The normalized spacial score (nSPS) is 24.6. The fourth-order valence-electron chi connectivity index (χ4n) is 3.41. The summed E-state index contributed by atoms with van der Waals surface area (Å²) >= 11 is 1.34. The van der Waals surface area contributed by atoms with Crippen molar-refractivity contribution >= 4 is 29.5 Å². The third kappa shape index (κ3) is 3.86. The zero-order chi connectivity index (χ0) is 21.1. The van der Waals surface area contributed by atoms with Gasteiger partial charge in [0.15, 0.2) is 12.3 Å². The summed E-state index contributed by atoms with van der Waals surface area (Å²) in [6.45, 7) is -0.134. The molecule has 4 rings (SSSR count). The van der Waals surface area contributed by atoms with Crippen LogP contribution in [0.2, 0.25) is 0 Å². The summed E-state index contributed by atoms with van der Waals surface area (Å²) in [6, 6.07) is 17.4. The van der Waals surface area contributed by atoms with E-state index in [2.05, 4.69) is 5.32 Å². The number of carbonyl (C=O) groups is 3. The number of β-lactam (4-membered cyclic amide) rings is 1. The Morgan fingerprint density at radius 1 is 1.13 bits per heavy atom. The molecule has 3 N–H and O–H groups in total. The SMILES string of the molecule is N[C@@]1(NC(=O)COc2ccccc2)C(=O)N2C(C(=O)OCc3ccccc3)CS[C@H]21. The molecule has 2 aliphatic heterocycles. The quantitative estimate of drug-likeness (QED) is 0.383. The van der Waals surface area contributed by atoms with Crippen LogP contribution >= 0.6 is 11.8 Å². The second kappa shape index (κ2) is 8.37. The number of para-hydroxylation sites is 1. The predicted octanol–water partition coefficient (Wildman–Crippen LogP) is 0.864. The summed E-state index contributed by atoms with van der Waals surface area (Å²) in [5.74, 6) is -0.601. The molecule has 30 heavy (non-hydrogen) atoms. The fourth-order valence-corrected chi connectivity index (χ4v) is 4.90. The molecule has 2 amide bonds. The van der Waals surface area contributed by atoms with E-state index in [4.69, 9.17) is 15.2 Å². The van der Waals surface area contributed by atoms with Crippen molar-refractivity contribution < 1.29 is 23.9 Å². The number of nitrogens with two attached hydrogens (primary N) is 1. The van der Waals surface area contributed by atoms with Gasteiger partial charge in [-0.15, -0.1) is 11.8 Å². The van der Waals surface area contributed by atoms with E-state index < -0.39 is 34.9 Å². The second-order valence-electron chi connectivity index (χ2n) is 7.03. The van der Waals surface area contributed by atoms with E-state index in [0.29, 0.717) is 11.5 Å². The maximum Gasteiger partial charge on any atom is 0.330 e. The lowest BCUT2D eigenvalue weighted by Crippen LogP contribution is -2.84. The van der Waals surface area contributed by atoms with Crippen molar-refractivity contribution in [2.45, 2.75) is 23.7 Å². The van der Waals surface area contributed by atoms with Crippen molar-refractivity contribution in [3.05, 3.63) is 66.2 Å². The molecule has 2 aromatic rings. The first-order chi connectivity index (χ1) is 14.5. The zero-order valence-electron chi connectivity index (χ0n) is 16.0. The van der Waals surface area contributed by atoms with Crippen LogP contribution in [0.5, 0.6) is 5.75 Å². The molecule has 0 aromatic heterocycles. The molecule has 2 heterocycles. The van der Waals surface area contributed by atoms with Gasteiger partial charge in [0, 0.05) is 5.75 Å². The number of ether oxygens (including phenoxy) is 2. The molecular formula is C21H21N3O5S. The van der Waals surface area contributed by atoms with Crippen molar-refractivity contribution in [1.29, 1.82) is 0 Å². The van der Waals surface area contributed by atoms with Gasteiger partial charge in [-0.05, 0) is 17.7 Å². The molecule has 2 aromatic carbocycles. The number of carbonyl (C=O) groups excluding carboxylic acids is 3. The van der Waals surface area contributed by atoms with Crippen molar-refractivity contribution in [3.63, 3.8) is 0 Å². The highest BCUT2D eigenvalue weighted by Crippen LogP contribution is 2.43. The number of nitrogens with zero attached hydrogens (tertiary/aromatic N) is 1. The molecule has 8 nitrogen and oxygen atoms in total. The molecule has 1 unspecified atom stereocenters. The van der Waals surface area contributed by atoms with E-state index in [0.717, 1.165) is 5.56 Å². The first kappa shape index (κ1) is 20.2. The monoisotopic (exact) mass is 427 g/mol. The van der Waals surface area contributed by atoms with Crippen LogP contribution in [0, 0.1) is 0 Å². The number of nitrogens with one attached hydrogen (secondary N) is 1. The lowest BCUT2D eigenvalue weighted by molar-refractivity contribution is -0.170. The predicted molar refractivity (Wildman–Crippen MR) is 110 cm³/mol. The molecule has 156 valence electrons. The Balaban J connectivity index is 1.31. The highest BCUT2D eigenvalue weighted by atomic mass is 32.2. The summed E-state index contributed by atoms with van der Waals surface area (Å²) in [6.07, 6.45) is 0. The highest BCUT2D eigenvalue weighted by Gasteiger charge is 2.66. The lowest BCUT2D eigenvalue weighted by atomic mass is 9.97. The molecule has 2 aliphatic rings. The van der Waals surface area contributed by atoms with Crippen LogP contribution in [-0.2, 0) is 25.7 Å². The van der Waals surface area contributed by atoms with Crippen molar-refractivity contribution in [2.24, 2.45) is 5.73 Å². The third-order valence-electron chi connectivity index (χ3n) is 4.93. The van der Waals surface area contributed by atoms with Crippen LogP contribution in [0.3, 0.4) is 0 Å². The molecule has 0 spiro atoms. The van der Waals surface area contributed by atoms with E-state index in [1.165, 1.54) is 16.7 Å². The summed E-state index contributed by atoms with van der Waals surface area (Å²) in [4.78, 5) is 38.8. The maximum absolute atomic E-state index is 12.7. The Kier molecular flexibility index (Phi) is 5.65. The number of rotatable bonds is 7. The molecule has 9 heteroatoms. The largest absolute Gasteiger partial charge is 0.484 e. The second-order valence-corrected chi connectivity index (χ2v) is 8.14. The fraction of sp³-hybridized carbons (Fsp3) is 0.286. The number of benzene rings is 2. The summed E-state index contributed by atoms with van der Waals surface area (Å²) < 4.78 is 10.7. The Morgan fingerprint density at radius 3 is 2.50 bits per heavy atom. The summed E-state index contributed by atoms with van der Waals surface area (Å²) in [5.41, 5.74) is 5.48. The molecule has 0 saturated carbocycles. The van der Waals surface area contributed by atoms with Gasteiger partial charge in [-0.2, -0.15) is 0 Å². The van der Waals surface area contributed by atoms with E-state index in [9.17, 15) is 14.4 Å². The zero-order valence-corrected chi connectivity index (χ0v) is 16.8. The van der Waals surface area contributed by atoms with Crippen LogP contribution in [0.25, 0.3) is 0 Å². The molecule has 0 bridgehead atoms. The molecule has 3 atom stereocenters. The van der Waals surface area contributed by atoms with Crippen molar-refractivity contribution in [1.82, 2.24) is 10.2 Å². The van der Waals surface area contributed by atoms with Gasteiger partial charge in [0.25, 0.3) is 11.8 Å². The first-order valence-corrected chi connectivity index (χ1v) is 10.5. The lowest BCUT2D eigenvalue weighted by Gasteiger charge is -2.50. The van der Waals surface area contributed by atoms with Crippen LogP contribution < -0.4 is 15.8 Å². The number of hydrogen-bond acceptors (Lipinski definition) is 7. The number of thioether (sulfide) groups is 1. The van der Waals surface area contributed by atoms with E-state index in [-0.39, 0.29) is 13.2 Å². The smallest absolute Gasteiger partial charge is 0.330 e. The van der Waals surface area contributed by atoms with Gasteiger partial charge >= 0.3 is 5.97 Å². The first-order valence-electron chi connectivity index (χ1n) is 9.42. The van der Waals surface area contributed by atoms with Crippen molar-refractivity contribution in [3.8, 4) is 5.75 Å². The van der Waals surface area contributed by atoms with E-state index >= 15 is 0 Å². The molecule has 0 radical (unpaired) electrons. The molecule has 0 aliphatic carbocycles. The Morgan fingerprint density at radius 2 is 1.80 bits per heavy atom. The van der Waals surface area contributed by atoms with Gasteiger partial charge in [-0.25, -0.2) is 4.79 Å². The minimum Gasteiger partial charge on any atom is -0.484 e. The summed E-state index contributed by atoms with van der Waals surface area (Å²) in [5, 5.41) is 2.02. The Labute approximate surface area is 177 Å². The highest BCUT2D eigenvalue weighted by molar-refractivity contribution is 8.00. The average molecular weight is 427 g/mol. The van der Waals surface area contributed by atoms with E-state index in [1.54, 1.807) is 24.3 Å². The number of fused-ring (bicyclic) bond motifs is 1. The van der Waals surface area contributed by atoms with Crippen LogP contribution in [-0.4, -0.2) is 52.1 Å². The molecular weight excluding hydrogens is 406 g/mol. The topological polar surface area (TPSA) is 111 Å². The van der Waals surface area contributed by atoms with Gasteiger partial charge in [-0.1, -0.05) is 48.5 Å².